The minimum atomic E-state index is 0.193. The van der Waals surface area contributed by atoms with Crippen LogP contribution in [-0.4, -0.2) is 17.7 Å². The molecule has 0 amide bonds. The Morgan fingerprint density at radius 1 is 1.57 bits per heavy atom. The van der Waals surface area contributed by atoms with Gasteiger partial charge in [0.25, 0.3) is 0 Å². The van der Waals surface area contributed by atoms with Gasteiger partial charge in [0, 0.05) is 12.8 Å². The summed E-state index contributed by atoms with van der Waals surface area (Å²) in [5.41, 5.74) is 1.23. The molecule has 0 spiro atoms. The first-order valence-electron chi connectivity index (χ1n) is 5.01. The molecule has 3 rings (SSSR count). The Morgan fingerprint density at radius 2 is 2.50 bits per heavy atom. The van der Waals surface area contributed by atoms with Gasteiger partial charge in [-0.25, -0.2) is 4.99 Å². The average Bonchev–Trinajstić information content (AvgIpc) is 2.94. The normalized spacial score (nSPS) is 38.7. The van der Waals surface area contributed by atoms with Crippen molar-refractivity contribution >= 4 is 17.7 Å². The molecule has 0 bridgehead atoms. The summed E-state index contributed by atoms with van der Waals surface area (Å²) in [6.07, 6.45) is 9.72. The minimum Gasteiger partial charge on any atom is -0.300 e. The van der Waals surface area contributed by atoms with Gasteiger partial charge in [0.15, 0.2) is 6.20 Å². The van der Waals surface area contributed by atoms with Crippen molar-refractivity contribution in [2.24, 2.45) is 21.3 Å². The highest BCUT2D eigenvalue weighted by molar-refractivity contribution is 6.34. The molecule has 3 nitrogen and oxygen atoms in total. The lowest BCUT2D eigenvalue weighted by Crippen LogP contribution is -2.26. The SMILES string of the molecule is O=C1CCC2(C3=N[C+]=CN=C3)CC2C1. The summed E-state index contributed by atoms with van der Waals surface area (Å²) < 4.78 is 0. The lowest BCUT2D eigenvalue weighted by Gasteiger charge is -2.15. The van der Waals surface area contributed by atoms with Crippen molar-refractivity contribution < 1.29 is 4.79 Å². The molecule has 1 aliphatic heterocycles. The van der Waals surface area contributed by atoms with Gasteiger partial charge in [-0.15, -0.1) is 0 Å². The molecular formula is C11H11N2O+. The zero-order valence-corrected chi connectivity index (χ0v) is 7.86. The first-order chi connectivity index (χ1) is 6.81. The molecule has 0 saturated heterocycles. The molecule has 2 fully saturated rings. The maximum absolute atomic E-state index is 11.2. The lowest BCUT2D eigenvalue weighted by atomic mass is 9.84. The Balaban J connectivity index is 1.87. The van der Waals surface area contributed by atoms with Crippen molar-refractivity contribution in [1.29, 1.82) is 0 Å². The molecule has 70 valence electrons. The van der Waals surface area contributed by atoms with E-state index < -0.39 is 0 Å². The van der Waals surface area contributed by atoms with Gasteiger partial charge >= 0.3 is 0 Å². The Morgan fingerprint density at radius 3 is 3.21 bits per heavy atom. The van der Waals surface area contributed by atoms with E-state index in [9.17, 15) is 4.79 Å². The summed E-state index contributed by atoms with van der Waals surface area (Å²) in [4.78, 5) is 19.5. The molecule has 1 heterocycles. The number of hydrogen-bond acceptors (Lipinski definition) is 3. The molecular weight excluding hydrogens is 176 g/mol. The summed E-state index contributed by atoms with van der Waals surface area (Å²) in [7, 11) is 0. The van der Waals surface area contributed by atoms with Gasteiger partial charge in [-0.2, -0.15) is 0 Å². The Labute approximate surface area is 82.6 Å². The number of carbonyl (C=O) groups excluding carboxylic acids is 1. The van der Waals surface area contributed by atoms with Crippen LogP contribution in [0, 0.1) is 17.5 Å². The second-order valence-corrected chi connectivity index (χ2v) is 4.33. The van der Waals surface area contributed by atoms with Gasteiger partial charge in [-0.05, 0) is 23.8 Å². The van der Waals surface area contributed by atoms with Crippen molar-refractivity contribution in [2.75, 3.05) is 0 Å². The van der Waals surface area contributed by atoms with Crippen LogP contribution in [0.1, 0.15) is 25.7 Å². The monoisotopic (exact) mass is 187 g/mol. The first-order valence-corrected chi connectivity index (χ1v) is 5.01. The molecule has 0 aromatic rings. The van der Waals surface area contributed by atoms with Gasteiger partial charge < -0.3 is 0 Å². The zero-order valence-electron chi connectivity index (χ0n) is 7.86. The molecule has 2 saturated carbocycles. The molecule has 2 unspecified atom stereocenters. The van der Waals surface area contributed by atoms with E-state index in [0.717, 1.165) is 25.0 Å². The highest BCUT2D eigenvalue weighted by Crippen LogP contribution is 2.61. The quantitative estimate of drug-likeness (QED) is 0.574. The van der Waals surface area contributed by atoms with E-state index >= 15 is 0 Å². The van der Waals surface area contributed by atoms with Gasteiger partial charge in [-0.1, -0.05) is 0 Å². The van der Waals surface area contributed by atoms with Crippen LogP contribution in [0.25, 0.3) is 0 Å². The van der Waals surface area contributed by atoms with Crippen molar-refractivity contribution in [3.05, 3.63) is 12.4 Å². The van der Waals surface area contributed by atoms with Gasteiger partial charge in [-0.3, -0.25) is 4.79 Å². The fourth-order valence-electron chi connectivity index (χ4n) is 2.64. The van der Waals surface area contributed by atoms with Crippen LogP contribution in [0.3, 0.4) is 0 Å². The van der Waals surface area contributed by atoms with Gasteiger partial charge in [0.2, 0.25) is 11.9 Å². The third-order valence-electron chi connectivity index (χ3n) is 3.58. The number of fused-ring (bicyclic) bond motifs is 1. The van der Waals surface area contributed by atoms with Crippen molar-refractivity contribution in [3.63, 3.8) is 0 Å². The van der Waals surface area contributed by atoms with Crippen molar-refractivity contribution in [1.82, 2.24) is 0 Å². The Bertz CT molecular complexity index is 381. The second kappa shape index (κ2) is 2.58. The molecule has 3 heteroatoms. The van der Waals surface area contributed by atoms with E-state index in [1.54, 1.807) is 6.20 Å². The smallest absolute Gasteiger partial charge is 0.239 e. The second-order valence-electron chi connectivity index (χ2n) is 4.33. The van der Waals surface area contributed by atoms with Crippen LogP contribution in [-0.2, 0) is 4.79 Å². The number of rotatable bonds is 1. The van der Waals surface area contributed by atoms with Crippen LogP contribution < -0.4 is 0 Å². The maximum atomic E-state index is 11.2. The van der Waals surface area contributed by atoms with Crippen LogP contribution in [0.2, 0.25) is 0 Å². The van der Waals surface area contributed by atoms with E-state index in [1.165, 1.54) is 0 Å². The highest BCUT2D eigenvalue weighted by atomic mass is 16.1. The predicted molar refractivity (Wildman–Crippen MR) is 53.1 cm³/mol. The molecule has 14 heavy (non-hydrogen) atoms. The lowest BCUT2D eigenvalue weighted by molar-refractivity contribution is -0.120. The molecule has 2 aliphatic carbocycles. The third kappa shape index (κ3) is 0.992. The summed E-state index contributed by atoms with van der Waals surface area (Å²) in [6.45, 7) is 0. The summed E-state index contributed by atoms with van der Waals surface area (Å²) in [5.74, 6) is 0.949. The van der Waals surface area contributed by atoms with Crippen LogP contribution in [0.4, 0.5) is 0 Å². The molecule has 2 atom stereocenters. The fraction of sp³-hybridized carbons (Fsp3) is 0.545. The summed E-state index contributed by atoms with van der Waals surface area (Å²) in [5, 5.41) is 0. The van der Waals surface area contributed by atoms with Crippen molar-refractivity contribution in [3.8, 4) is 0 Å². The topological polar surface area (TPSA) is 41.8 Å². The average molecular weight is 187 g/mol. The fourth-order valence-corrected chi connectivity index (χ4v) is 2.64. The number of Topliss-reactive ketones (excluding diaryl/α,β-unsaturated/α-hetero) is 1. The van der Waals surface area contributed by atoms with E-state index in [1.807, 2.05) is 6.21 Å². The van der Waals surface area contributed by atoms with Gasteiger partial charge in [0.1, 0.15) is 12.0 Å². The molecule has 0 aromatic heterocycles. The van der Waals surface area contributed by atoms with Crippen LogP contribution in [0.5, 0.6) is 0 Å². The summed E-state index contributed by atoms with van der Waals surface area (Å²) >= 11 is 0. The maximum Gasteiger partial charge on any atom is 0.239 e. The molecule has 0 radical (unpaired) electrons. The molecule has 0 aromatic carbocycles. The third-order valence-corrected chi connectivity index (χ3v) is 3.58. The first kappa shape index (κ1) is 8.01. The van der Waals surface area contributed by atoms with E-state index in [4.69, 9.17) is 0 Å². The standard InChI is InChI=1S/C11H11N2O/c14-9-1-2-11(6-8(11)5-9)10-7-12-3-4-13-10/h3,7-8H,1-2,5-6H2/q+1. The Kier molecular flexibility index (Phi) is 1.48. The van der Waals surface area contributed by atoms with Crippen LogP contribution >= 0.6 is 0 Å². The van der Waals surface area contributed by atoms with Crippen molar-refractivity contribution in [2.45, 2.75) is 25.7 Å². The zero-order chi connectivity index (χ0) is 9.60. The van der Waals surface area contributed by atoms with E-state index in [2.05, 4.69) is 16.2 Å². The van der Waals surface area contributed by atoms with E-state index in [-0.39, 0.29) is 5.41 Å². The highest BCUT2D eigenvalue weighted by Gasteiger charge is 2.64. The largest absolute Gasteiger partial charge is 0.300 e. The Hall–Kier alpha value is -1.34. The summed E-state index contributed by atoms with van der Waals surface area (Å²) in [6, 6.07) is 0. The number of hydrogen-bond donors (Lipinski definition) is 0. The van der Waals surface area contributed by atoms with Gasteiger partial charge in [0.05, 0.1) is 5.41 Å². The minimum absolute atomic E-state index is 0.193. The number of aliphatic imine (C=N–C) groups is 2. The van der Waals surface area contributed by atoms with Crippen LogP contribution in [0.15, 0.2) is 16.2 Å². The predicted octanol–water partition coefficient (Wildman–Crippen LogP) is 1.55. The van der Waals surface area contributed by atoms with E-state index in [0.29, 0.717) is 18.1 Å². The molecule has 0 N–H and O–H groups in total. The number of carbonyl (C=O) groups is 1. The number of nitrogens with zero attached hydrogens (tertiary/aromatic N) is 2. The number of ketones is 1. The molecule has 3 aliphatic rings.